The molecule has 3 aromatic rings. The molecular formula is C20H21ClN2O. The van der Waals surface area contributed by atoms with Crippen LogP contribution in [0.3, 0.4) is 0 Å². The minimum absolute atomic E-state index is 0.0587. The van der Waals surface area contributed by atoms with Gasteiger partial charge in [0.05, 0.1) is 6.42 Å². The van der Waals surface area contributed by atoms with Crippen LogP contribution in [0.1, 0.15) is 16.8 Å². The first-order valence-corrected chi connectivity index (χ1v) is 8.48. The van der Waals surface area contributed by atoms with Gasteiger partial charge in [-0.3, -0.25) is 4.79 Å². The van der Waals surface area contributed by atoms with Gasteiger partial charge in [-0.15, -0.1) is 0 Å². The summed E-state index contributed by atoms with van der Waals surface area (Å²) < 4.78 is 2.14. The normalized spacial score (nSPS) is 11.0. The Morgan fingerprint density at radius 3 is 2.58 bits per heavy atom. The first kappa shape index (κ1) is 16.6. The highest BCUT2D eigenvalue weighted by molar-refractivity contribution is 6.30. The van der Waals surface area contributed by atoms with Crippen molar-refractivity contribution in [3.8, 4) is 0 Å². The molecule has 0 aliphatic carbocycles. The third kappa shape index (κ3) is 3.46. The second kappa shape index (κ2) is 7.10. The summed E-state index contributed by atoms with van der Waals surface area (Å²) in [6, 6.07) is 15.9. The Bertz CT molecular complexity index is 865. The molecule has 1 amide bonds. The number of aromatic nitrogens is 1. The zero-order valence-electron chi connectivity index (χ0n) is 14.0. The molecule has 0 saturated carbocycles. The van der Waals surface area contributed by atoms with Crippen molar-refractivity contribution in [3.63, 3.8) is 0 Å². The number of amides is 1. The summed E-state index contributed by atoms with van der Waals surface area (Å²) in [4.78, 5) is 12.3. The maximum Gasteiger partial charge on any atom is 0.224 e. The molecule has 0 atom stereocenters. The predicted octanol–water partition coefficient (Wildman–Crippen LogP) is 4.04. The topological polar surface area (TPSA) is 34.0 Å². The predicted molar refractivity (Wildman–Crippen MR) is 99.5 cm³/mol. The largest absolute Gasteiger partial charge is 0.355 e. The summed E-state index contributed by atoms with van der Waals surface area (Å²) in [5, 5.41) is 4.90. The standard InChI is InChI=1S/C20H21ClN2O/c1-14-18(17-5-3-4-6-19(17)23(14)2)13-20(24)22-12-11-15-7-9-16(21)10-8-15/h3-10H,11-13H2,1-2H3,(H,22,24). The van der Waals surface area contributed by atoms with Gasteiger partial charge in [0.15, 0.2) is 0 Å². The number of rotatable bonds is 5. The average Bonchev–Trinajstić information content (AvgIpc) is 2.82. The Morgan fingerprint density at radius 1 is 1.12 bits per heavy atom. The van der Waals surface area contributed by atoms with E-state index in [1.165, 1.54) is 11.1 Å². The van der Waals surface area contributed by atoms with Crippen LogP contribution in [-0.4, -0.2) is 17.0 Å². The Morgan fingerprint density at radius 2 is 1.83 bits per heavy atom. The van der Waals surface area contributed by atoms with E-state index in [-0.39, 0.29) is 5.91 Å². The number of carbonyl (C=O) groups excluding carboxylic acids is 1. The third-order valence-electron chi connectivity index (χ3n) is 4.52. The second-order valence-corrected chi connectivity index (χ2v) is 6.48. The molecule has 2 aromatic carbocycles. The van der Waals surface area contributed by atoms with E-state index in [1.54, 1.807) is 0 Å². The van der Waals surface area contributed by atoms with Crippen LogP contribution in [0.15, 0.2) is 48.5 Å². The summed E-state index contributed by atoms with van der Waals surface area (Å²) in [5.74, 6) is 0.0587. The van der Waals surface area contributed by atoms with Crippen LogP contribution < -0.4 is 5.32 Å². The van der Waals surface area contributed by atoms with Crippen LogP contribution in [0.2, 0.25) is 5.02 Å². The third-order valence-corrected chi connectivity index (χ3v) is 4.77. The lowest BCUT2D eigenvalue weighted by atomic mass is 10.1. The number of hydrogen-bond donors (Lipinski definition) is 1. The van der Waals surface area contributed by atoms with Crippen molar-refractivity contribution in [2.24, 2.45) is 7.05 Å². The molecule has 0 unspecified atom stereocenters. The molecule has 1 aromatic heterocycles. The summed E-state index contributed by atoms with van der Waals surface area (Å²) in [7, 11) is 2.04. The van der Waals surface area contributed by atoms with Gasteiger partial charge in [0.1, 0.15) is 0 Å². The highest BCUT2D eigenvalue weighted by Crippen LogP contribution is 2.25. The number of nitrogens with one attached hydrogen (secondary N) is 1. The number of fused-ring (bicyclic) bond motifs is 1. The van der Waals surface area contributed by atoms with Gasteiger partial charge in [0.2, 0.25) is 5.91 Å². The molecule has 0 radical (unpaired) electrons. The van der Waals surface area contributed by atoms with Gasteiger partial charge in [-0.2, -0.15) is 0 Å². The van der Waals surface area contributed by atoms with Crippen molar-refractivity contribution in [1.82, 2.24) is 9.88 Å². The van der Waals surface area contributed by atoms with Gasteiger partial charge in [0, 0.05) is 35.2 Å². The van der Waals surface area contributed by atoms with E-state index in [1.807, 2.05) is 43.4 Å². The first-order chi connectivity index (χ1) is 11.6. The Labute approximate surface area is 147 Å². The zero-order valence-corrected chi connectivity index (χ0v) is 14.7. The summed E-state index contributed by atoms with van der Waals surface area (Å²) in [6.45, 7) is 2.70. The fourth-order valence-electron chi connectivity index (χ4n) is 3.04. The molecule has 3 rings (SSSR count). The quantitative estimate of drug-likeness (QED) is 0.747. The molecule has 1 N–H and O–H groups in total. The fraction of sp³-hybridized carbons (Fsp3) is 0.250. The van der Waals surface area contributed by atoms with Crippen molar-refractivity contribution in [3.05, 3.63) is 70.4 Å². The van der Waals surface area contributed by atoms with Crippen molar-refractivity contribution in [2.75, 3.05) is 6.54 Å². The number of aryl methyl sites for hydroxylation is 1. The van der Waals surface area contributed by atoms with Crippen molar-refractivity contribution < 1.29 is 4.79 Å². The molecule has 124 valence electrons. The Balaban J connectivity index is 1.63. The molecule has 0 spiro atoms. The maximum atomic E-state index is 12.3. The van der Waals surface area contributed by atoms with Crippen LogP contribution in [0.25, 0.3) is 10.9 Å². The smallest absolute Gasteiger partial charge is 0.224 e. The highest BCUT2D eigenvalue weighted by Gasteiger charge is 2.14. The van der Waals surface area contributed by atoms with E-state index in [2.05, 4.69) is 28.9 Å². The number of halogens is 1. The van der Waals surface area contributed by atoms with Crippen LogP contribution >= 0.6 is 11.6 Å². The van der Waals surface area contributed by atoms with E-state index in [0.717, 1.165) is 28.1 Å². The molecule has 24 heavy (non-hydrogen) atoms. The number of hydrogen-bond acceptors (Lipinski definition) is 1. The van der Waals surface area contributed by atoms with Crippen molar-refractivity contribution >= 4 is 28.4 Å². The summed E-state index contributed by atoms with van der Waals surface area (Å²) in [5.41, 5.74) is 4.58. The van der Waals surface area contributed by atoms with Gasteiger partial charge < -0.3 is 9.88 Å². The van der Waals surface area contributed by atoms with Gasteiger partial charge in [-0.1, -0.05) is 41.9 Å². The number of carbonyl (C=O) groups is 1. The molecular weight excluding hydrogens is 320 g/mol. The number of para-hydroxylation sites is 1. The highest BCUT2D eigenvalue weighted by atomic mass is 35.5. The molecule has 3 nitrogen and oxygen atoms in total. The number of benzene rings is 2. The molecule has 4 heteroatoms. The summed E-state index contributed by atoms with van der Waals surface area (Å²) in [6.07, 6.45) is 1.21. The lowest BCUT2D eigenvalue weighted by molar-refractivity contribution is -0.120. The first-order valence-electron chi connectivity index (χ1n) is 8.10. The minimum Gasteiger partial charge on any atom is -0.355 e. The second-order valence-electron chi connectivity index (χ2n) is 6.04. The zero-order chi connectivity index (χ0) is 17.1. The van der Waals surface area contributed by atoms with Gasteiger partial charge in [-0.25, -0.2) is 0 Å². The lowest BCUT2D eigenvalue weighted by Crippen LogP contribution is -2.27. The van der Waals surface area contributed by atoms with Crippen LogP contribution in [0, 0.1) is 6.92 Å². The van der Waals surface area contributed by atoms with Crippen LogP contribution in [-0.2, 0) is 24.7 Å². The Hall–Kier alpha value is -2.26. The summed E-state index contributed by atoms with van der Waals surface area (Å²) >= 11 is 5.88. The van der Waals surface area contributed by atoms with E-state index < -0.39 is 0 Å². The van der Waals surface area contributed by atoms with E-state index >= 15 is 0 Å². The molecule has 0 bridgehead atoms. The number of nitrogens with zero attached hydrogens (tertiary/aromatic N) is 1. The average molecular weight is 341 g/mol. The van der Waals surface area contributed by atoms with Gasteiger partial charge in [0.25, 0.3) is 0 Å². The maximum absolute atomic E-state index is 12.3. The van der Waals surface area contributed by atoms with Gasteiger partial charge in [-0.05, 0) is 42.7 Å². The molecule has 0 aliphatic rings. The van der Waals surface area contributed by atoms with Gasteiger partial charge >= 0.3 is 0 Å². The Kier molecular flexibility index (Phi) is 4.91. The van der Waals surface area contributed by atoms with Crippen molar-refractivity contribution in [2.45, 2.75) is 19.8 Å². The lowest BCUT2D eigenvalue weighted by Gasteiger charge is -2.06. The SMILES string of the molecule is Cc1c(CC(=O)NCCc2ccc(Cl)cc2)c2ccccc2n1C. The van der Waals surface area contributed by atoms with E-state index in [9.17, 15) is 4.79 Å². The molecule has 0 saturated heterocycles. The van der Waals surface area contributed by atoms with Crippen LogP contribution in [0.4, 0.5) is 0 Å². The fourth-order valence-corrected chi connectivity index (χ4v) is 3.17. The minimum atomic E-state index is 0.0587. The van der Waals surface area contributed by atoms with E-state index in [4.69, 9.17) is 11.6 Å². The van der Waals surface area contributed by atoms with Crippen LogP contribution in [0.5, 0.6) is 0 Å². The monoisotopic (exact) mass is 340 g/mol. The molecule has 0 fully saturated rings. The van der Waals surface area contributed by atoms with Crippen molar-refractivity contribution in [1.29, 1.82) is 0 Å². The molecule has 1 heterocycles. The molecule has 0 aliphatic heterocycles. The van der Waals surface area contributed by atoms with E-state index in [0.29, 0.717) is 13.0 Å².